The number of rotatable bonds is 4. The summed E-state index contributed by atoms with van der Waals surface area (Å²) in [6.45, 7) is 2.32. The SMILES string of the molecule is COc1ccc(NCc2cn(C)c(=O)n(C)c2=O)c(C)c1. The maximum atomic E-state index is 12.0. The molecule has 1 aromatic heterocycles. The van der Waals surface area contributed by atoms with E-state index in [9.17, 15) is 9.59 Å². The molecule has 0 bridgehead atoms. The van der Waals surface area contributed by atoms with Crippen molar-refractivity contribution in [3.8, 4) is 5.75 Å². The number of hydrogen-bond acceptors (Lipinski definition) is 4. The molecule has 2 aromatic rings. The average Bonchev–Trinajstić information content (AvgIpc) is 2.48. The van der Waals surface area contributed by atoms with Gasteiger partial charge in [0.25, 0.3) is 5.56 Å². The third-order valence-corrected chi connectivity index (χ3v) is 3.42. The molecule has 6 nitrogen and oxygen atoms in total. The fourth-order valence-corrected chi connectivity index (χ4v) is 2.16. The van der Waals surface area contributed by atoms with Gasteiger partial charge >= 0.3 is 5.69 Å². The minimum atomic E-state index is -0.329. The molecule has 0 aliphatic carbocycles. The quantitative estimate of drug-likeness (QED) is 0.912. The molecule has 0 atom stereocenters. The summed E-state index contributed by atoms with van der Waals surface area (Å²) in [7, 11) is 4.73. The normalized spacial score (nSPS) is 10.5. The van der Waals surface area contributed by atoms with Crippen molar-refractivity contribution < 1.29 is 4.74 Å². The maximum Gasteiger partial charge on any atom is 0.330 e. The molecule has 0 amide bonds. The first kappa shape index (κ1) is 14.9. The van der Waals surface area contributed by atoms with Crippen molar-refractivity contribution in [3.05, 3.63) is 56.4 Å². The summed E-state index contributed by atoms with van der Waals surface area (Å²) >= 11 is 0. The number of anilines is 1. The number of nitrogens with one attached hydrogen (secondary N) is 1. The van der Waals surface area contributed by atoms with E-state index in [0.29, 0.717) is 12.1 Å². The van der Waals surface area contributed by atoms with Crippen molar-refractivity contribution in [1.29, 1.82) is 0 Å². The van der Waals surface area contributed by atoms with Gasteiger partial charge < -0.3 is 14.6 Å². The zero-order chi connectivity index (χ0) is 15.6. The van der Waals surface area contributed by atoms with Crippen LogP contribution >= 0.6 is 0 Å². The first-order valence-electron chi connectivity index (χ1n) is 6.58. The lowest BCUT2D eigenvalue weighted by molar-refractivity contribution is 0.414. The molecule has 0 saturated carbocycles. The number of ether oxygens (including phenoxy) is 1. The summed E-state index contributed by atoms with van der Waals surface area (Å²) in [6, 6.07) is 5.68. The van der Waals surface area contributed by atoms with E-state index in [-0.39, 0.29) is 11.2 Å². The molecule has 0 unspecified atom stereocenters. The Bertz CT molecular complexity index is 775. The molecule has 1 N–H and O–H groups in total. The Morgan fingerprint density at radius 3 is 2.57 bits per heavy atom. The number of methoxy groups -OCH3 is 1. The summed E-state index contributed by atoms with van der Waals surface area (Å²) in [6.07, 6.45) is 1.57. The van der Waals surface area contributed by atoms with Gasteiger partial charge in [0.05, 0.1) is 12.7 Å². The minimum Gasteiger partial charge on any atom is -0.497 e. The van der Waals surface area contributed by atoms with Crippen molar-refractivity contribution in [1.82, 2.24) is 9.13 Å². The van der Waals surface area contributed by atoms with E-state index in [1.807, 2.05) is 25.1 Å². The Balaban J connectivity index is 2.25. The third-order valence-electron chi connectivity index (χ3n) is 3.42. The Kier molecular flexibility index (Phi) is 4.16. The predicted molar refractivity (Wildman–Crippen MR) is 82.0 cm³/mol. The van der Waals surface area contributed by atoms with Gasteiger partial charge in [-0.2, -0.15) is 0 Å². The number of aryl methyl sites for hydroxylation is 2. The van der Waals surface area contributed by atoms with Gasteiger partial charge in [0.15, 0.2) is 0 Å². The van der Waals surface area contributed by atoms with E-state index in [1.165, 1.54) is 11.6 Å². The van der Waals surface area contributed by atoms with Crippen LogP contribution in [0.3, 0.4) is 0 Å². The summed E-state index contributed by atoms with van der Waals surface area (Å²) < 4.78 is 7.67. The zero-order valence-corrected chi connectivity index (χ0v) is 12.6. The van der Waals surface area contributed by atoms with Gasteiger partial charge in [0.2, 0.25) is 0 Å². The summed E-state index contributed by atoms with van der Waals surface area (Å²) in [5.74, 6) is 0.788. The Morgan fingerprint density at radius 1 is 1.24 bits per heavy atom. The maximum absolute atomic E-state index is 12.0. The molecule has 0 fully saturated rings. The monoisotopic (exact) mass is 289 g/mol. The van der Waals surface area contributed by atoms with Crippen LogP contribution < -0.4 is 21.3 Å². The molecule has 112 valence electrons. The third kappa shape index (κ3) is 2.99. The minimum absolute atomic E-state index is 0.281. The van der Waals surface area contributed by atoms with E-state index in [4.69, 9.17) is 4.74 Å². The van der Waals surface area contributed by atoms with Gasteiger partial charge in [-0.3, -0.25) is 9.36 Å². The van der Waals surface area contributed by atoms with Crippen LogP contribution in [0.1, 0.15) is 11.1 Å². The Hall–Kier alpha value is -2.50. The van der Waals surface area contributed by atoms with Crippen LogP contribution in [0.15, 0.2) is 34.0 Å². The van der Waals surface area contributed by atoms with Crippen molar-refractivity contribution in [2.75, 3.05) is 12.4 Å². The summed E-state index contributed by atoms with van der Waals surface area (Å²) in [5.41, 5.74) is 1.87. The molecule has 6 heteroatoms. The van der Waals surface area contributed by atoms with Gasteiger partial charge in [0, 0.05) is 32.5 Å². The topological polar surface area (TPSA) is 65.3 Å². The van der Waals surface area contributed by atoms with Crippen molar-refractivity contribution >= 4 is 5.69 Å². The Labute approximate surface area is 122 Å². The Morgan fingerprint density at radius 2 is 1.95 bits per heavy atom. The number of benzene rings is 1. The second-order valence-electron chi connectivity index (χ2n) is 4.95. The van der Waals surface area contributed by atoms with E-state index >= 15 is 0 Å². The molecule has 21 heavy (non-hydrogen) atoms. The van der Waals surface area contributed by atoms with Crippen LogP contribution in [0.5, 0.6) is 5.75 Å². The summed E-state index contributed by atoms with van der Waals surface area (Å²) in [4.78, 5) is 23.7. The average molecular weight is 289 g/mol. The van der Waals surface area contributed by atoms with Crippen LogP contribution in [-0.4, -0.2) is 16.2 Å². The van der Waals surface area contributed by atoms with Gasteiger partial charge in [-0.25, -0.2) is 4.79 Å². The highest BCUT2D eigenvalue weighted by Crippen LogP contribution is 2.21. The number of aromatic nitrogens is 2. The molecule has 0 aliphatic rings. The van der Waals surface area contributed by atoms with Crippen molar-refractivity contribution in [2.45, 2.75) is 13.5 Å². The molecular formula is C15H19N3O3. The molecule has 2 rings (SSSR count). The molecule has 1 aromatic carbocycles. The number of nitrogens with zero attached hydrogens (tertiary/aromatic N) is 2. The van der Waals surface area contributed by atoms with Crippen molar-refractivity contribution in [3.63, 3.8) is 0 Å². The fraction of sp³-hybridized carbons (Fsp3) is 0.333. The highest BCUT2D eigenvalue weighted by Gasteiger charge is 2.07. The molecule has 0 radical (unpaired) electrons. The molecular weight excluding hydrogens is 270 g/mol. The molecule has 0 aliphatic heterocycles. The van der Waals surface area contributed by atoms with Crippen LogP contribution in [0.2, 0.25) is 0 Å². The highest BCUT2D eigenvalue weighted by atomic mass is 16.5. The van der Waals surface area contributed by atoms with Gasteiger partial charge in [0.1, 0.15) is 5.75 Å². The van der Waals surface area contributed by atoms with Crippen molar-refractivity contribution in [2.24, 2.45) is 14.1 Å². The van der Waals surface area contributed by atoms with Gasteiger partial charge in [-0.05, 0) is 30.7 Å². The summed E-state index contributed by atoms with van der Waals surface area (Å²) in [5, 5.41) is 3.21. The fourth-order valence-electron chi connectivity index (χ4n) is 2.16. The first-order chi connectivity index (χ1) is 9.93. The van der Waals surface area contributed by atoms with Gasteiger partial charge in [-0.15, -0.1) is 0 Å². The standard InChI is InChI=1S/C15H19N3O3/c1-10-7-12(21-4)5-6-13(10)16-8-11-9-17(2)15(20)18(3)14(11)19/h5-7,9,16H,8H2,1-4H3. The molecule has 0 spiro atoms. The molecule has 0 saturated heterocycles. The van der Waals surface area contributed by atoms with E-state index in [0.717, 1.165) is 21.6 Å². The van der Waals surface area contributed by atoms with Crippen LogP contribution in [0.25, 0.3) is 0 Å². The highest BCUT2D eigenvalue weighted by molar-refractivity contribution is 5.53. The predicted octanol–water partition coefficient (Wildman–Crippen LogP) is 1.01. The van der Waals surface area contributed by atoms with Gasteiger partial charge in [-0.1, -0.05) is 0 Å². The lowest BCUT2D eigenvalue weighted by Crippen LogP contribution is -2.38. The van der Waals surface area contributed by atoms with Crippen LogP contribution in [0.4, 0.5) is 5.69 Å². The molecule has 1 heterocycles. The largest absolute Gasteiger partial charge is 0.497 e. The van der Waals surface area contributed by atoms with E-state index in [2.05, 4.69) is 5.32 Å². The number of hydrogen-bond donors (Lipinski definition) is 1. The first-order valence-corrected chi connectivity index (χ1v) is 6.58. The van der Waals surface area contributed by atoms with Crippen LogP contribution in [0, 0.1) is 6.92 Å². The lowest BCUT2D eigenvalue weighted by atomic mass is 10.2. The van der Waals surface area contributed by atoms with Crippen LogP contribution in [-0.2, 0) is 20.6 Å². The smallest absolute Gasteiger partial charge is 0.330 e. The zero-order valence-electron chi connectivity index (χ0n) is 12.6. The van der Waals surface area contributed by atoms with E-state index in [1.54, 1.807) is 20.4 Å². The van der Waals surface area contributed by atoms with E-state index < -0.39 is 0 Å². The second kappa shape index (κ2) is 5.87. The second-order valence-corrected chi connectivity index (χ2v) is 4.95. The lowest BCUT2D eigenvalue weighted by Gasteiger charge is -2.12.